The van der Waals surface area contributed by atoms with Crippen LogP contribution in [0.2, 0.25) is 5.02 Å². The quantitative estimate of drug-likeness (QED) is 0.514. The van der Waals surface area contributed by atoms with Crippen LogP contribution in [0.3, 0.4) is 0 Å². The lowest BCUT2D eigenvalue weighted by molar-refractivity contribution is -0.119. The summed E-state index contributed by atoms with van der Waals surface area (Å²) in [5.74, 6) is 1.17. The highest BCUT2D eigenvalue weighted by Gasteiger charge is 2.19. The van der Waals surface area contributed by atoms with Crippen LogP contribution in [0.15, 0.2) is 59.8 Å². The minimum atomic E-state index is 0.0641. The van der Waals surface area contributed by atoms with Crippen LogP contribution in [-0.2, 0) is 11.3 Å². The topological polar surface area (TPSA) is 59.8 Å². The van der Waals surface area contributed by atoms with Gasteiger partial charge in [-0.25, -0.2) is 0 Å². The number of benzene rings is 2. The van der Waals surface area contributed by atoms with E-state index in [-0.39, 0.29) is 5.91 Å². The summed E-state index contributed by atoms with van der Waals surface area (Å²) in [5, 5.41) is 13.4. The van der Waals surface area contributed by atoms with E-state index in [0.717, 1.165) is 34.9 Å². The molecule has 5 nitrogen and oxygen atoms in total. The zero-order valence-corrected chi connectivity index (χ0v) is 18.3. The molecule has 7 heteroatoms. The molecule has 0 saturated heterocycles. The lowest BCUT2D eigenvalue weighted by Crippen LogP contribution is -2.37. The van der Waals surface area contributed by atoms with Gasteiger partial charge < -0.3 is 5.32 Å². The largest absolute Gasteiger partial charge is 0.353 e. The van der Waals surface area contributed by atoms with Gasteiger partial charge in [-0.2, -0.15) is 0 Å². The summed E-state index contributed by atoms with van der Waals surface area (Å²) in [6.45, 7) is 0.637. The normalized spacial score (nSPS) is 14.6. The number of halogens is 1. The molecule has 0 spiro atoms. The molecule has 0 radical (unpaired) electrons. The van der Waals surface area contributed by atoms with E-state index < -0.39 is 0 Å². The number of carbonyl (C=O) groups excluding carboxylic acids is 1. The molecule has 0 unspecified atom stereocenters. The van der Waals surface area contributed by atoms with Gasteiger partial charge >= 0.3 is 0 Å². The molecule has 30 heavy (non-hydrogen) atoms. The van der Waals surface area contributed by atoms with E-state index in [0.29, 0.717) is 23.4 Å². The van der Waals surface area contributed by atoms with Crippen LogP contribution >= 0.6 is 23.4 Å². The van der Waals surface area contributed by atoms with Crippen LogP contribution in [0.1, 0.15) is 37.7 Å². The SMILES string of the molecule is O=C(CSc1nnc(-c2ccc(Cl)cc2)n1Cc1ccccc1)NC1CCCCC1. The number of aromatic nitrogens is 3. The maximum absolute atomic E-state index is 12.5. The lowest BCUT2D eigenvalue weighted by Gasteiger charge is -2.22. The fourth-order valence-electron chi connectivity index (χ4n) is 3.76. The number of hydrogen-bond donors (Lipinski definition) is 1. The van der Waals surface area contributed by atoms with Crippen molar-refractivity contribution >= 4 is 29.3 Å². The first-order valence-electron chi connectivity index (χ1n) is 10.3. The number of carbonyl (C=O) groups is 1. The Bertz CT molecular complexity index is 969. The standard InChI is InChI=1S/C23H25ClN4OS/c24-19-13-11-18(12-14-19)22-26-27-23(28(22)15-17-7-3-1-4-8-17)30-16-21(29)25-20-9-5-2-6-10-20/h1,3-4,7-8,11-14,20H,2,5-6,9-10,15-16H2,(H,25,29). The fraction of sp³-hybridized carbons (Fsp3) is 0.348. The van der Waals surface area contributed by atoms with Gasteiger partial charge in [-0.1, -0.05) is 73.0 Å². The third kappa shape index (κ3) is 5.43. The molecule has 1 N–H and O–H groups in total. The third-order valence-electron chi connectivity index (χ3n) is 5.31. The lowest BCUT2D eigenvalue weighted by atomic mass is 9.95. The number of nitrogens with one attached hydrogen (secondary N) is 1. The second-order valence-electron chi connectivity index (χ2n) is 7.58. The van der Waals surface area contributed by atoms with Crippen molar-refractivity contribution in [2.75, 3.05) is 5.75 Å². The number of thioether (sulfide) groups is 1. The molecule has 1 fully saturated rings. The first kappa shape index (κ1) is 20.9. The van der Waals surface area contributed by atoms with E-state index in [4.69, 9.17) is 11.6 Å². The second-order valence-corrected chi connectivity index (χ2v) is 8.95. The molecule has 1 amide bonds. The van der Waals surface area contributed by atoms with Crippen LogP contribution in [0.25, 0.3) is 11.4 Å². The van der Waals surface area contributed by atoms with Gasteiger partial charge in [-0.3, -0.25) is 9.36 Å². The summed E-state index contributed by atoms with van der Waals surface area (Å²) in [6, 6.07) is 18.1. The summed E-state index contributed by atoms with van der Waals surface area (Å²) in [7, 11) is 0. The van der Waals surface area contributed by atoms with Crippen LogP contribution in [-0.4, -0.2) is 32.5 Å². The highest BCUT2D eigenvalue weighted by Crippen LogP contribution is 2.26. The summed E-state index contributed by atoms with van der Waals surface area (Å²) in [4.78, 5) is 12.5. The van der Waals surface area contributed by atoms with Crippen LogP contribution in [0.4, 0.5) is 0 Å². The first-order valence-corrected chi connectivity index (χ1v) is 11.7. The number of nitrogens with zero attached hydrogens (tertiary/aromatic N) is 3. The smallest absolute Gasteiger partial charge is 0.230 e. The zero-order valence-electron chi connectivity index (χ0n) is 16.8. The minimum absolute atomic E-state index is 0.0641. The Morgan fingerprint density at radius 3 is 2.50 bits per heavy atom. The van der Waals surface area contributed by atoms with Crippen molar-refractivity contribution in [3.63, 3.8) is 0 Å². The Kier molecular flexibility index (Phi) is 7.07. The van der Waals surface area contributed by atoms with Crippen LogP contribution in [0, 0.1) is 0 Å². The number of rotatable bonds is 7. The number of amides is 1. The van der Waals surface area contributed by atoms with E-state index in [1.165, 1.54) is 31.0 Å². The van der Waals surface area contributed by atoms with Crippen molar-refractivity contribution in [3.05, 3.63) is 65.2 Å². The molecule has 0 bridgehead atoms. The second kappa shape index (κ2) is 10.1. The predicted octanol–water partition coefficient (Wildman–Crippen LogP) is 5.19. The summed E-state index contributed by atoms with van der Waals surface area (Å²) >= 11 is 7.48. The Morgan fingerprint density at radius 1 is 1.03 bits per heavy atom. The third-order valence-corrected chi connectivity index (χ3v) is 6.52. The van der Waals surface area contributed by atoms with Gasteiger partial charge in [0.1, 0.15) is 0 Å². The molecular weight excluding hydrogens is 416 g/mol. The molecule has 1 aromatic heterocycles. The average Bonchev–Trinajstić information content (AvgIpc) is 3.16. The molecule has 0 atom stereocenters. The van der Waals surface area contributed by atoms with Crippen molar-refractivity contribution in [3.8, 4) is 11.4 Å². The first-order chi connectivity index (χ1) is 14.7. The molecule has 1 saturated carbocycles. The molecule has 156 valence electrons. The molecular formula is C23H25ClN4OS. The van der Waals surface area contributed by atoms with Gasteiger partial charge in [0.25, 0.3) is 0 Å². The average molecular weight is 441 g/mol. The van der Waals surface area contributed by atoms with Crippen molar-refractivity contribution in [1.82, 2.24) is 20.1 Å². The van der Waals surface area contributed by atoms with Gasteiger partial charge in [-0.05, 0) is 42.7 Å². The van der Waals surface area contributed by atoms with E-state index in [9.17, 15) is 4.79 Å². The zero-order chi connectivity index (χ0) is 20.8. The van der Waals surface area contributed by atoms with Gasteiger partial charge in [0.2, 0.25) is 5.91 Å². The molecule has 2 aromatic carbocycles. The van der Waals surface area contributed by atoms with Gasteiger partial charge in [0.15, 0.2) is 11.0 Å². The maximum atomic E-state index is 12.5. The van der Waals surface area contributed by atoms with E-state index in [1.807, 2.05) is 42.5 Å². The summed E-state index contributed by atoms with van der Waals surface area (Å²) in [5.41, 5.74) is 2.10. The molecule has 1 aliphatic carbocycles. The summed E-state index contributed by atoms with van der Waals surface area (Å²) < 4.78 is 2.07. The molecule has 3 aromatic rings. The maximum Gasteiger partial charge on any atom is 0.230 e. The van der Waals surface area contributed by atoms with Crippen molar-refractivity contribution in [2.24, 2.45) is 0 Å². The Labute approximate surface area is 186 Å². The summed E-state index contributed by atoms with van der Waals surface area (Å²) in [6.07, 6.45) is 5.85. The van der Waals surface area contributed by atoms with E-state index >= 15 is 0 Å². The van der Waals surface area contributed by atoms with Crippen molar-refractivity contribution in [2.45, 2.75) is 49.8 Å². The molecule has 4 rings (SSSR count). The van der Waals surface area contributed by atoms with Crippen LogP contribution in [0.5, 0.6) is 0 Å². The van der Waals surface area contributed by atoms with Gasteiger partial charge in [0.05, 0.1) is 12.3 Å². The Hall–Kier alpha value is -2.31. The van der Waals surface area contributed by atoms with E-state index in [2.05, 4.69) is 32.2 Å². The van der Waals surface area contributed by atoms with E-state index in [1.54, 1.807) is 0 Å². The predicted molar refractivity (Wildman–Crippen MR) is 122 cm³/mol. The number of hydrogen-bond acceptors (Lipinski definition) is 4. The Morgan fingerprint density at radius 2 is 1.77 bits per heavy atom. The minimum Gasteiger partial charge on any atom is -0.353 e. The fourth-order valence-corrected chi connectivity index (χ4v) is 4.64. The van der Waals surface area contributed by atoms with Crippen molar-refractivity contribution in [1.29, 1.82) is 0 Å². The van der Waals surface area contributed by atoms with Crippen LogP contribution < -0.4 is 5.32 Å². The highest BCUT2D eigenvalue weighted by molar-refractivity contribution is 7.99. The molecule has 1 aliphatic rings. The van der Waals surface area contributed by atoms with Gasteiger partial charge in [-0.15, -0.1) is 10.2 Å². The molecule has 0 aliphatic heterocycles. The molecule has 1 heterocycles. The van der Waals surface area contributed by atoms with Crippen molar-refractivity contribution < 1.29 is 4.79 Å². The monoisotopic (exact) mass is 440 g/mol. The Balaban J connectivity index is 1.51. The highest BCUT2D eigenvalue weighted by atomic mass is 35.5. The van der Waals surface area contributed by atoms with Gasteiger partial charge in [0, 0.05) is 16.6 Å².